The van der Waals surface area contributed by atoms with E-state index in [9.17, 15) is 4.79 Å². The van der Waals surface area contributed by atoms with Crippen LogP contribution in [0.5, 0.6) is 0 Å². The zero-order chi connectivity index (χ0) is 7.28. The smallest absolute Gasteiger partial charge is 0.243 e. The molecule has 0 saturated heterocycles. The van der Waals surface area contributed by atoms with Gasteiger partial charge < -0.3 is 0 Å². The van der Waals surface area contributed by atoms with E-state index in [2.05, 4.69) is 6.58 Å². The first-order chi connectivity index (χ1) is 4.20. The molecule has 0 heterocycles. The maximum Gasteiger partial charge on any atom is 0.243 e. The average Bonchev–Trinajstić information content (AvgIpc) is 1.87. The number of allylic oxidation sites excluding steroid dienone is 1. The fraction of sp³-hybridized carbons (Fsp3) is 0.500. The van der Waals surface area contributed by atoms with Crippen LogP contribution in [0.1, 0.15) is 13.3 Å². The van der Waals surface area contributed by atoms with E-state index in [-0.39, 0.29) is 11.8 Å². The molecule has 1 atom stereocenters. The summed E-state index contributed by atoms with van der Waals surface area (Å²) in [5, 5.41) is 8.05. The Hall–Kier alpha value is -0.830. The highest BCUT2D eigenvalue weighted by Crippen LogP contribution is 2.00. The van der Waals surface area contributed by atoms with E-state index < -0.39 is 0 Å². The van der Waals surface area contributed by atoms with Crippen molar-refractivity contribution in [2.24, 2.45) is 5.92 Å². The Morgan fingerprint density at radius 1 is 2.00 bits per heavy atom. The summed E-state index contributed by atoms with van der Waals surface area (Å²) in [5.74, 6) is -0.250. The summed E-state index contributed by atoms with van der Waals surface area (Å²) >= 11 is 0. The molecule has 0 radical (unpaired) electrons. The van der Waals surface area contributed by atoms with Crippen LogP contribution in [0.15, 0.2) is 12.7 Å². The normalized spacial score (nSPS) is 12.2. The second kappa shape index (κ2) is 4.09. The number of nitrogens with one attached hydrogen (secondary N) is 1. The molecule has 0 aromatic heterocycles. The summed E-state index contributed by atoms with van der Waals surface area (Å²) in [4.78, 5) is 10.4. The highest BCUT2D eigenvalue weighted by Gasteiger charge is 2.02. The van der Waals surface area contributed by atoms with Crippen LogP contribution < -0.4 is 5.48 Å². The third kappa shape index (κ3) is 3.73. The first-order valence-corrected chi connectivity index (χ1v) is 2.76. The first-order valence-electron chi connectivity index (χ1n) is 2.76. The molecule has 9 heavy (non-hydrogen) atoms. The van der Waals surface area contributed by atoms with Gasteiger partial charge >= 0.3 is 0 Å². The van der Waals surface area contributed by atoms with E-state index in [1.165, 1.54) is 0 Å². The van der Waals surface area contributed by atoms with E-state index in [4.69, 9.17) is 5.21 Å². The molecule has 0 bridgehead atoms. The summed E-state index contributed by atoms with van der Waals surface area (Å²) in [6.45, 7) is 5.34. The Kier molecular flexibility index (Phi) is 3.71. The lowest BCUT2D eigenvalue weighted by Gasteiger charge is -2.01. The van der Waals surface area contributed by atoms with Crippen molar-refractivity contribution in [1.29, 1.82) is 0 Å². The SMILES string of the molecule is C=CC(C)CC(=O)NO. The monoisotopic (exact) mass is 129 g/mol. The van der Waals surface area contributed by atoms with Gasteiger partial charge in [0.2, 0.25) is 5.91 Å². The fourth-order valence-corrected chi connectivity index (χ4v) is 0.421. The largest absolute Gasteiger partial charge is 0.289 e. The van der Waals surface area contributed by atoms with E-state index in [1.54, 1.807) is 11.6 Å². The number of hydroxylamine groups is 1. The second-order valence-electron chi connectivity index (χ2n) is 1.95. The van der Waals surface area contributed by atoms with E-state index in [0.717, 1.165) is 0 Å². The Balaban J connectivity index is 3.46. The minimum atomic E-state index is -0.373. The van der Waals surface area contributed by atoms with Gasteiger partial charge in [-0.1, -0.05) is 13.0 Å². The number of carbonyl (C=O) groups excluding carboxylic acids is 1. The van der Waals surface area contributed by atoms with Crippen molar-refractivity contribution >= 4 is 5.91 Å². The number of hydrogen-bond acceptors (Lipinski definition) is 2. The molecule has 0 aliphatic rings. The van der Waals surface area contributed by atoms with E-state index in [1.807, 2.05) is 6.92 Å². The third-order valence-corrected chi connectivity index (χ3v) is 1.03. The lowest BCUT2D eigenvalue weighted by molar-refractivity contribution is -0.129. The number of carbonyl (C=O) groups is 1. The molecule has 0 aromatic rings. The molecule has 0 aromatic carbocycles. The van der Waals surface area contributed by atoms with Crippen molar-refractivity contribution in [3.05, 3.63) is 12.7 Å². The minimum absolute atomic E-state index is 0.122. The van der Waals surface area contributed by atoms with E-state index >= 15 is 0 Å². The molecule has 0 spiro atoms. The molecule has 0 aliphatic carbocycles. The number of hydrogen-bond donors (Lipinski definition) is 2. The van der Waals surface area contributed by atoms with Crippen LogP contribution in [0.3, 0.4) is 0 Å². The van der Waals surface area contributed by atoms with Gasteiger partial charge in [0, 0.05) is 6.42 Å². The average molecular weight is 129 g/mol. The lowest BCUT2D eigenvalue weighted by Crippen LogP contribution is -2.20. The molecule has 0 fully saturated rings. The Morgan fingerprint density at radius 2 is 2.56 bits per heavy atom. The predicted octanol–water partition coefficient (Wildman–Crippen LogP) is 0.704. The second-order valence-corrected chi connectivity index (χ2v) is 1.95. The van der Waals surface area contributed by atoms with Crippen LogP contribution in [0.25, 0.3) is 0 Å². The van der Waals surface area contributed by atoms with Gasteiger partial charge in [0.25, 0.3) is 0 Å². The van der Waals surface area contributed by atoms with Gasteiger partial charge in [-0.15, -0.1) is 6.58 Å². The van der Waals surface area contributed by atoms with Gasteiger partial charge in [0.1, 0.15) is 0 Å². The van der Waals surface area contributed by atoms with Crippen LogP contribution in [-0.2, 0) is 4.79 Å². The predicted molar refractivity (Wildman–Crippen MR) is 33.9 cm³/mol. The summed E-state index contributed by atoms with van der Waals surface area (Å²) in [6.07, 6.45) is 1.95. The van der Waals surface area contributed by atoms with Crippen molar-refractivity contribution in [2.75, 3.05) is 0 Å². The van der Waals surface area contributed by atoms with Gasteiger partial charge in [-0.3, -0.25) is 10.0 Å². The Morgan fingerprint density at radius 3 is 2.89 bits per heavy atom. The van der Waals surface area contributed by atoms with Gasteiger partial charge in [0.15, 0.2) is 0 Å². The highest BCUT2D eigenvalue weighted by molar-refractivity contribution is 5.74. The minimum Gasteiger partial charge on any atom is -0.289 e. The molecular formula is C6H11NO2. The summed E-state index contributed by atoms with van der Waals surface area (Å²) < 4.78 is 0. The Labute approximate surface area is 54.3 Å². The molecule has 3 heteroatoms. The molecular weight excluding hydrogens is 118 g/mol. The fourth-order valence-electron chi connectivity index (χ4n) is 0.421. The molecule has 3 nitrogen and oxygen atoms in total. The molecule has 0 rings (SSSR count). The van der Waals surface area contributed by atoms with Crippen LogP contribution >= 0.6 is 0 Å². The molecule has 0 saturated carbocycles. The molecule has 1 unspecified atom stereocenters. The van der Waals surface area contributed by atoms with Crippen LogP contribution in [-0.4, -0.2) is 11.1 Å². The van der Waals surface area contributed by atoms with Crippen molar-refractivity contribution in [2.45, 2.75) is 13.3 Å². The zero-order valence-corrected chi connectivity index (χ0v) is 5.42. The van der Waals surface area contributed by atoms with Gasteiger partial charge in [-0.2, -0.15) is 0 Å². The first kappa shape index (κ1) is 8.17. The summed E-state index contributed by atoms with van der Waals surface area (Å²) in [7, 11) is 0. The Bertz CT molecular complexity index is 112. The van der Waals surface area contributed by atoms with Gasteiger partial charge in [0.05, 0.1) is 0 Å². The van der Waals surface area contributed by atoms with Crippen LogP contribution in [0.4, 0.5) is 0 Å². The molecule has 2 N–H and O–H groups in total. The topological polar surface area (TPSA) is 49.3 Å². The van der Waals surface area contributed by atoms with Gasteiger partial charge in [-0.25, -0.2) is 5.48 Å². The standard InChI is InChI=1S/C6H11NO2/c1-3-5(2)4-6(8)7-9/h3,5,9H,1,4H2,2H3,(H,7,8). The number of amides is 1. The maximum atomic E-state index is 10.4. The lowest BCUT2D eigenvalue weighted by atomic mass is 10.1. The van der Waals surface area contributed by atoms with Crippen LogP contribution in [0.2, 0.25) is 0 Å². The quantitative estimate of drug-likeness (QED) is 0.335. The van der Waals surface area contributed by atoms with Gasteiger partial charge in [-0.05, 0) is 5.92 Å². The zero-order valence-electron chi connectivity index (χ0n) is 5.42. The molecule has 1 amide bonds. The van der Waals surface area contributed by atoms with Crippen molar-refractivity contribution in [3.63, 3.8) is 0 Å². The number of rotatable bonds is 3. The maximum absolute atomic E-state index is 10.4. The van der Waals surface area contributed by atoms with Crippen molar-refractivity contribution < 1.29 is 10.0 Å². The van der Waals surface area contributed by atoms with Crippen molar-refractivity contribution in [3.8, 4) is 0 Å². The molecule has 0 aliphatic heterocycles. The van der Waals surface area contributed by atoms with E-state index in [0.29, 0.717) is 6.42 Å². The molecule has 52 valence electrons. The van der Waals surface area contributed by atoms with Crippen LogP contribution in [0, 0.1) is 5.92 Å². The highest BCUT2D eigenvalue weighted by atomic mass is 16.5. The summed E-state index contributed by atoms with van der Waals surface area (Å²) in [6, 6.07) is 0. The summed E-state index contributed by atoms with van der Waals surface area (Å²) in [5.41, 5.74) is 1.54. The third-order valence-electron chi connectivity index (χ3n) is 1.03. The van der Waals surface area contributed by atoms with Crippen molar-refractivity contribution in [1.82, 2.24) is 5.48 Å².